The van der Waals surface area contributed by atoms with Gasteiger partial charge in [-0.25, -0.2) is 0 Å². The Morgan fingerprint density at radius 3 is 3.00 bits per heavy atom. The van der Waals surface area contributed by atoms with E-state index in [0.717, 1.165) is 25.3 Å². The summed E-state index contributed by atoms with van der Waals surface area (Å²) in [6, 6.07) is 4.18. The molecule has 2 aromatic heterocycles. The third kappa shape index (κ3) is 2.64. The van der Waals surface area contributed by atoms with Crippen molar-refractivity contribution in [1.82, 2.24) is 9.78 Å². The number of nitrogens with zero attached hydrogens (tertiary/aromatic N) is 2. The molecule has 0 radical (unpaired) electrons. The van der Waals surface area contributed by atoms with E-state index in [0.29, 0.717) is 0 Å². The van der Waals surface area contributed by atoms with Gasteiger partial charge in [-0.15, -0.1) is 11.3 Å². The highest BCUT2D eigenvalue weighted by Gasteiger charge is 2.01. The van der Waals surface area contributed by atoms with Crippen molar-refractivity contribution in [1.29, 1.82) is 0 Å². The molecule has 0 unspecified atom stereocenters. The number of anilines is 1. The number of hydrogen-bond donors (Lipinski definition) is 1. The molecule has 16 heavy (non-hydrogen) atoms. The van der Waals surface area contributed by atoms with Crippen LogP contribution < -0.4 is 5.32 Å². The number of nitrogens with one attached hydrogen (secondary N) is 1. The van der Waals surface area contributed by atoms with Crippen LogP contribution in [0.5, 0.6) is 0 Å². The van der Waals surface area contributed by atoms with Gasteiger partial charge in [0.15, 0.2) is 0 Å². The van der Waals surface area contributed by atoms with E-state index in [9.17, 15) is 0 Å². The van der Waals surface area contributed by atoms with Crippen LogP contribution in [-0.4, -0.2) is 9.78 Å². The van der Waals surface area contributed by atoms with E-state index in [-0.39, 0.29) is 0 Å². The Bertz CT molecular complexity index is 445. The standard InChI is InChI=1S/C12H17N3S/c1-3-6-15-7-4-12(14-15)13-9-11-10(2)5-8-16-11/h4-5,7-8H,3,6,9H2,1-2H3,(H,13,14). The van der Waals surface area contributed by atoms with Crippen molar-refractivity contribution >= 4 is 17.2 Å². The van der Waals surface area contributed by atoms with Gasteiger partial charge in [0.1, 0.15) is 5.82 Å². The molecule has 0 amide bonds. The molecule has 0 aromatic carbocycles. The average Bonchev–Trinajstić information content (AvgIpc) is 2.86. The lowest BCUT2D eigenvalue weighted by Gasteiger charge is -2.02. The maximum Gasteiger partial charge on any atom is 0.148 e. The van der Waals surface area contributed by atoms with E-state index < -0.39 is 0 Å². The molecule has 0 aliphatic rings. The molecule has 1 N–H and O–H groups in total. The van der Waals surface area contributed by atoms with Gasteiger partial charge in [-0.2, -0.15) is 5.10 Å². The first-order valence-corrected chi connectivity index (χ1v) is 6.48. The molecule has 2 aromatic rings. The van der Waals surface area contributed by atoms with Crippen molar-refractivity contribution in [3.05, 3.63) is 34.2 Å². The topological polar surface area (TPSA) is 29.9 Å². The zero-order valence-electron chi connectivity index (χ0n) is 9.73. The van der Waals surface area contributed by atoms with Crippen LogP contribution in [0.25, 0.3) is 0 Å². The number of thiophene rings is 1. The van der Waals surface area contributed by atoms with E-state index in [2.05, 4.69) is 35.7 Å². The zero-order valence-corrected chi connectivity index (χ0v) is 10.5. The largest absolute Gasteiger partial charge is 0.364 e. The van der Waals surface area contributed by atoms with Gasteiger partial charge >= 0.3 is 0 Å². The van der Waals surface area contributed by atoms with E-state index in [4.69, 9.17) is 0 Å². The molecule has 4 heteroatoms. The van der Waals surface area contributed by atoms with Crippen molar-refractivity contribution < 1.29 is 0 Å². The van der Waals surface area contributed by atoms with Gasteiger partial charge in [0, 0.05) is 23.7 Å². The van der Waals surface area contributed by atoms with Crippen LogP contribution in [0, 0.1) is 6.92 Å². The first-order valence-electron chi connectivity index (χ1n) is 5.60. The van der Waals surface area contributed by atoms with Gasteiger partial charge in [0.2, 0.25) is 0 Å². The van der Waals surface area contributed by atoms with Crippen molar-refractivity contribution in [3.8, 4) is 0 Å². The average molecular weight is 235 g/mol. The summed E-state index contributed by atoms with van der Waals surface area (Å²) in [5.41, 5.74) is 1.35. The molecule has 86 valence electrons. The Balaban J connectivity index is 1.92. The van der Waals surface area contributed by atoms with E-state index in [1.54, 1.807) is 11.3 Å². The van der Waals surface area contributed by atoms with Gasteiger partial charge < -0.3 is 5.32 Å². The Morgan fingerprint density at radius 1 is 1.44 bits per heavy atom. The second-order valence-electron chi connectivity index (χ2n) is 3.84. The van der Waals surface area contributed by atoms with Crippen molar-refractivity contribution in [3.63, 3.8) is 0 Å². The predicted octanol–water partition coefficient (Wildman–Crippen LogP) is 3.28. The Morgan fingerprint density at radius 2 is 2.31 bits per heavy atom. The maximum atomic E-state index is 4.44. The van der Waals surface area contributed by atoms with Crippen LogP contribution in [-0.2, 0) is 13.1 Å². The Hall–Kier alpha value is -1.29. The first-order chi connectivity index (χ1) is 7.79. The van der Waals surface area contributed by atoms with Crippen LogP contribution >= 0.6 is 11.3 Å². The molecular formula is C12H17N3S. The molecule has 0 aliphatic carbocycles. The van der Waals surface area contributed by atoms with Gasteiger partial charge in [-0.3, -0.25) is 4.68 Å². The summed E-state index contributed by atoms with van der Waals surface area (Å²) in [5.74, 6) is 0.959. The molecule has 0 saturated carbocycles. The highest BCUT2D eigenvalue weighted by Crippen LogP contribution is 2.16. The normalized spacial score (nSPS) is 10.6. The fourth-order valence-corrected chi connectivity index (χ4v) is 2.41. The van der Waals surface area contributed by atoms with Gasteiger partial charge in [0.25, 0.3) is 0 Å². The zero-order chi connectivity index (χ0) is 11.4. The fraction of sp³-hybridized carbons (Fsp3) is 0.417. The molecule has 0 aliphatic heterocycles. The lowest BCUT2D eigenvalue weighted by molar-refractivity contribution is 0.604. The Kier molecular flexibility index (Phi) is 3.62. The third-order valence-electron chi connectivity index (χ3n) is 2.49. The minimum Gasteiger partial charge on any atom is -0.364 e. The molecule has 3 nitrogen and oxygen atoms in total. The van der Waals surface area contributed by atoms with Gasteiger partial charge in [-0.05, 0) is 30.4 Å². The highest BCUT2D eigenvalue weighted by atomic mass is 32.1. The third-order valence-corrected chi connectivity index (χ3v) is 3.51. The molecule has 0 fully saturated rings. The monoisotopic (exact) mass is 235 g/mol. The van der Waals surface area contributed by atoms with Crippen LogP contribution in [0.15, 0.2) is 23.7 Å². The highest BCUT2D eigenvalue weighted by molar-refractivity contribution is 7.10. The van der Waals surface area contributed by atoms with Crippen LogP contribution in [0.3, 0.4) is 0 Å². The molecular weight excluding hydrogens is 218 g/mol. The van der Waals surface area contributed by atoms with Crippen molar-refractivity contribution in [2.24, 2.45) is 0 Å². The fourth-order valence-electron chi connectivity index (χ4n) is 1.57. The lowest BCUT2D eigenvalue weighted by Crippen LogP contribution is -2.02. The summed E-state index contributed by atoms with van der Waals surface area (Å²) in [4.78, 5) is 1.38. The van der Waals surface area contributed by atoms with E-state index in [1.165, 1.54) is 10.4 Å². The second-order valence-corrected chi connectivity index (χ2v) is 4.85. The second kappa shape index (κ2) is 5.16. The summed E-state index contributed by atoms with van der Waals surface area (Å²) >= 11 is 1.79. The SMILES string of the molecule is CCCn1ccc(NCc2sccc2C)n1. The molecule has 0 saturated heterocycles. The van der Waals surface area contributed by atoms with Crippen LogP contribution in [0.1, 0.15) is 23.8 Å². The van der Waals surface area contributed by atoms with Crippen molar-refractivity contribution in [2.45, 2.75) is 33.4 Å². The number of aryl methyl sites for hydroxylation is 2. The molecule has 2 heterocycles. The van der Waals surface area contributed by atoms with Gasteiger partial charge in [0.05, 0.1) is 6.54 Å². The number of hydrogen-bond acceptors (Lipinski definition) is 3. The number of aromatic nitrogens is 2. The molecule has 2 rings (SSSR count). The smallest absolute Gasteiger partial charge is 0.148 e. The summed E-state index contributed by atoms with van der Waals surface area (Å²) in [5, 5.41) is 9.91. The first kappa shape index (κ1) is 11.2. The quantitative estimate of drug-likeness (QED) is 0.862. The Labute approximate surface area is 100 Å². The summed E-state index contributed by atoms with van der Waals surface area (Å²) in [6.45, 7) is 6.15. The minimum atomic E-state index is 0.868. The maximum absolute atomic E-state index is 4.44. The van der Waals surface area contributed by atoms with E-state index in [1.807, 2.05) is 16.9 Å². The lowest BCUT2D eigenvalue weighted by atomic mass is 10.3. The van der Waals surface area contributed by atoms with E-state index >= 15 is 0 Å². The molecule has 0 atom stereocenters. The van der Waals surface area contributed by atoms with Crippen LogP contribution in [0.2, 0.25) is 0 Å². The van der Waals surface area contributed by atoms with Gasteiger partial charge in [-0.1, -0.05) is 6.92 Å². The molecule has 0 spiro atoms. The number of rotatable bonds is 5. The predicted molar refractivity (Wildman–Crippen MR) is 68.9 cm³/mol. The molecule has 0 bridgehead atoms. The van der Waals surface area contributed by atoms with Crippen LogP contribution in [0.4, 0.5) is 5.82 Å². The summed E-state index contributed by atoms with van der Waals surface area (Å²) in [6.07, 6.45) is 3.14. The van der Waals surface area contributed by atoms with Crippen molar-refractivity contribution in [2.75, 3.05) is 5.32 Å². The summed E-state index contributed by atoms with van der Waals surface area (Å²) < 4.78 is 1.98. The summed E-state index contributed by atoms with van der Waals surface area (Å²) in [7, 11) is 0. The minimum absolute atomic E-state index is 0.868.